The van der Waals surface area contributed by atoms with Crippen LogP contribution in [0.15, 0.2) is 66.7 Å². The van der Waals surface area contributed by atoms with Crippen molar-refractivity contribution < 1.29 is 22.7 Å². The van der Waals surface area contributed by atoms with Crippen molar-refractivity contribution >= 4 is 5.91 Å². The molecule has 3 nitrogen and oxygen atoms in total. The van der Waals surface area contributed by atoms with Crippen LogP contribution in [0.4, 0.5) is 13.2 Å². The summed E-state index contributed by atoms with van der Waals surface area (Å²) in [5.41, 5.74) is 2.03. The van der Waals surface area contributed by atoms with Crippen LogP contribution in [0, 0.1) is 11.8 Å². The largest absolute Gasteiger partial charge is 0.495 e. The summed E-state index contributed by atoms with van der Waals surface area (Å²) < 4.78 is 45.0. The Morgan fingerprint density at radius 1 is 0.903 bits per heavy atom. The predicted octanol–water partition coefficient (Wildman–Crippen LogP) is 5.27. The number of halogens is 3. The fourth-order valence-corrected chi connectivity index (χ4v) is 3.57. The highest BCUT2D eigenvalue weighted by Crippen LogP contribution is 2.31. The van der Waals surface area contributed by atoms with Crippen molar-refractivity contribution in [2.75, 3.05) is 7.11 Å². The van der Waals surface area contributed by atoms with Gasteiger partial charge in [0.05, 0.1) is 18.2 Å². The van der Waals surface area contributed by atoms with Crippen molar-refractivity contribution in [2.24, 2.45) is 0 Å². The molecule has 0 aliphatic carbocycles. The molecule has 1 aliphatic heterocycles. The normalized spacial score (nSPS) is 12.7. The molecule has 6 heteroatoms. The molecule has 0 atom stereocenters. The summed E-state index contributed by atoms with van der Waals surface area (Å²) >= 11 is 0. The van der Waals surface area contributed by atoms with E-state index >= 15 is 0 Å². The van der Waals surface area contributed by atoms with Crippen molar-refractivity contribution in [3.05, 3.63) is 100 Å². The highest BCUT2D eigenvalue weighted by Gasteiger charge is 2.32. The lowest BCUT2D eigenvalue weighted by atomic mass is 10.1. The van der Waals surface area contributed by atoms with Crippen molar-refractivity contribution in [3.63, 3.8) is 0 Å². The number of carbonyl (C=O) groups excluding carboxylic acids is 1. The zero-order valence-corrected chi connectivity index (χ0v) is 16.7. The van der Waals surface area contributed by atoms with Gasteiger partial charge in [0, 0.05) is 24.2 Å². The third kappa shape index (κ3) is 4.26. The summed E-state index contributed by atoms with van der Waals surface area (Å²) in [6.07, 6.45) is -4.50. The highest BCUT2D eigenvalue weighted by atomic mass is 19.4. The van der Waals surface area contributed by atoms with Crippen molar-refractivity contribution in [1.82, 2.24) is 4.90 Å². The first-order valence-electron chi connectivity index (χ1n) is 9.59. The van der Waals surface area contributed by atoms with Crippen molar-refractivity contribution in [1.29, 1.82) is 0 Å². The minimum atomic E-state index is -4.50. The molecule has 0 aromatic heterocycles. The molecule has 0 unspecified atom stereocenters. The molecule has 1 heterocycles. The molecule has 1 amide bonds. The van der Waals surface area contributed by atoms with Crippen LogP contribution in [0.25, 0.3) is 0 Å². The van der Waals surface area contributed by atoms with Gasteiger partial charge in [0.15, 0.2) is 0 Å². The summed E-state index contributed by atoms with van der Waals surface area (Å²) in [5, 5.41) is 0. The smallest absolute Gasteiger partial charge is 0.417 e. The Morgan fingerprint density at radius 3 is 2.16 bits per heavy atom. The molecule has 0 bridgehead atoms. The average Bonchev–Trinajstić information content (AvgIpc) is 3.21. The highest BCUT2D eigenvalue weighted by molar-refractivity contribution is 5.95. The fraction of sp³-hybridized carbons (Fsp3) is 0.160. The Labute approximate surface area is 178 Å². The monoisotopic (exact) mass is 421 g/mol. The molecular weight excluding hydrogens is 403 g/mol. The molecule has 1 aliphatic rings. The molecule has 0 saturated carbocycles. The molecule has 0 spiro atoms. The van der Waals surface area contributed by atoms with Gasteiger partial charge in [0.1, 0.15) is 5.75 Å². The van der Waals surface area contributed by atoms with Gasteiger partial charge in [-0.1, -0.05) is 48.2 Å². The van der Waals surface area contributed by atoms with Gasteiger partial charge in [0.25, 0.3) is 5.91 Å². The Kier molecular flexibility index (Phi) is 5.43. The number of amides is 1. The molecule has 0 radical (unpaired) electrons. The van der Waals surface area contributed by atoms with Crippen LogP contribution in [0.5, 0.6) is 5.75 Å². The molecule has 0 fully saturated rings. The SMILES string of the molecule is COc1ccc(C(=O)N2Cc3ccccc3C2)cc1C#Cc1ccccc1C(F)(F)F. The van der Waals surface area contributed by atoms with Crippen LogP contribution < -0.4 is 4.74 Å². The first-order chi connectivity index (χ1) is 14.9. The number of alkyl halides is 3. The van der Waals surface area contributed by atoms with E-state index in [2.05, 4.69) is 11.8 Å². The van der Waals surface area contributed by atoms with Crippen LogP contribution >= 0.6 is 0 Å². The van der Waals surface area contributed by atoms with Gasteiger partial charge in [-0.15, -0.1) is 0 Å². The van der Waals surface area contributed by atoms with Crippen LogP contribution in [-0.2, 0) is 19.3 Å². The number of rotatable bonds is 2. The van der Waals surface area contributed by atoms with E-state index in [0.29, 0.717) is 30.0 Å². The third-order valence-electron chi connectivity index (χ3n) is 5.14. The van der Waals surface area contributed by atoms with Gasteiger partial charge >= 0.3 is 6.18 Å². The van der Waals surface area contributed by atoms with Crippen LogP contribution in [-0.4, -0.2) is 17.9 Å². The first kappa shape index (κ1) is 20.5. The summed E-state index contributed by atoms with van der Waals surface area (Å²) in [5.74, 6) is 5.55. The van der Waals surface area contributed by atoms with Gasteiger partial charge in [0.2, 0.25) is 0 Å². The lowest BCUT2D eigenvalue weighted by Gasteiger charge is -2.16. The van der Waals surface area contributed by atoms with E-state index in [0.717, 1.165) is 17.2 Å². The number of ether oxygens (including phenoxy) is 1. The molecule has 156 valence electrons. The van der Waals surface area contributed by atoms with E-state index in [1.165, 1.54) is 25.3 Å². The van der Waals surface area contributed by atoms with Crippen LogP contribution in [0.3, 0.4) is 0 Å². The molecule has 3 aromatic rings. The molecule has 0 N–H and O–H groups in total. The Balaban J connectivity index is 1.65. The third-order valence-corrected chi connectivity index (χ3v) is 5.14. The molecule has 31 heavy (non-hydrogen) atoms. The van der Waals surface area contributed by atoms with E-state index < -0.39 is 11.7 Å². The number of benzene rings is 3. The first-order valence-corrected chi connectivity index (χ1v) is 9.59. The average molecular weight is 421 g/mol. The maximum absolute atomic E-state index is 13.2. The lowest BCUT2D eigenvalue weighted by Crippen LogP contribution is -2.25. The maximum Gasteiger partial charge on any atom is 0.417 e. The quantitative estimate of drug-likeness (QED) is 0.528. The van der Waals surface area contributed by atoms with Gasteiger partial charge in [-0.2, -0.15) is 13.2 Å². The Hall–Kier alpha value is -3.72. The zero-order chi connectivity index (χ0) is 22.0. The topological polar surface area (TPSA) is 29.5 Å². The fourth-order valence-electron chi connectivity index (χ4n) is 3.57. The number of nitrogens with zero attached hydrogens (tertiary/aromatic N) is 1. The van der Waals surface area contributed by atoms with Crippen molar-refractivity contribution in [3.8, 4) is 17.6 Å². The standard InChI is InChI=1S/C25H18F3NO2/c1-31-23-13-12-19(24(30)29-15-20-7-2-3-8-21(20)16-29)14-18(23)11-10-17-6-4-5-9-22(17)25(26,27)28/h2-9,12-14H,15-16H2,1H3. The van der Waals surface area contributed by atoms with E-state index in [4.69, 9.17) is 4.74 Å². The van der Waals surface area contributed by atoms with Gasteiger partial charge in [-0.05, 0) is 41.5 Å². The van der Waals surface area contributed by atoms with E-state index in [1.54, 1.807) is 23.1 Å². The van der Waals surface area contributed by atoms with Crippen LogP contribution in [0.1, 0.15) is 38.2 Å². The second-order valence-corrected chi connectivity index (χ2v) is 7.14. The molecule has 3 aromatic carbocycles. The van der Waals surface area contributed by atoms with E-state index in [1.807, 2.05) is 24.3 Å². The van der Waals surface area contributed by atoms with E-state index in [9.17, 15) is 18.0 Å². The number of hydrogen-bond acceptors (Lipinski definition) is 2. The Bertz CT molecular complexity index is 1180. The summed E-state index contributed by atoms with van der Waals surface area (Å²) in [7, 11) is 1.45. The van der Waals surface area contributed by atoms with Crippen LogP contribution in [0.2, 0.25) is 0 Å². The lowest BCUT2D eigenvalue weighted by molar-refractivity contribution is -0.137. The number of hydrogen-bond donors (Lipinski definition) is 0. The van der Waals surface area contributed by atoms with Crippen molar-refractivity contribution in [2.45, 2.75) is 19.3 Å². The van der Waals surface area contributed by atoms with E-state index in [-0.39, 0.29) is 11.5 Å². The van der Waals surface area contributed by atoms with Gasteiger partial charge in [-0.3, -0.25) is 4.79 Å². The molecular formula is C25H18F3NO2. The maximum atomic E-state index is 13.2. The van der Waals surface area contributed by atoms with Gasteiger partial charge < -0.3 is 9.64 Å². The second-order valence-electron chi connectivity index (χ2n) is 7.14. The van der Waals surface area contributed by atoms with Gasteiger partial charge in [-0.25, -0.2) is 0 Å². The number of methoxy groups -OCH3 is 1. The second kappa shape index (κ2) is 8.19. The Morgan fingerprint density at radius 2 is 1.52 bits per heavy atom. The summed E-state index contributed by atoms with van der Waals surface area (Å²) in [6.45, 7) is 1.03. The minimum Gasteiger partial charge on any atom is -0.495 e. The predicted molar refractivity (Wildman–Crippen MR) is 110 cm³/mol. The minimum absolute atomic E-state index is 0.135. The molecule has 4 rings (SSSR count). The number of fused-ring (bicyclic) bond motifs is 1. The summed E-state index contributed by atoms with van der Waals surface area (Å²) in [4.78, 5) is 14.7. The zero-order valence-electron chi connectivity index (χ0n) is 16.7. The molecule has 0 saturated heterocycles. The summed E-state index contributed by atoms with van der Waals surface area (Å²) in [6, 6.07) is 17.8. The number of carbonyl (C=O) groups is 1.